The molecule has 1 aromatic rings. The first kappa shape index (κ1) is 9.31. The Morgan fingerprint density at radius 2 is 2.21 bits per heavy atom. The predicted molar refractivity (Wildman–Crippen MR) is 59.8 cm³/mol. The third-order valence-corrected chi connectivity index (χ3v) is 2.67. The van der Waals surface area contributed by atoms with E-state index in [4.69, 9.17) is 0 Å². The molecule has 0 bridgehead atoms. The molecule has 2 N–H and O–H groups in total. The highest BCUT2D eigenvalue weighted by Crippen LogP contribution is 2.29. The molecule has 0 unspecified atom stereocenters. The summed E-state index contributed by atoms with van der Waals surface area (Å²) >= 11 is 0. The Balaban J connectivity index is 2.42. The monoisotopic (exact) mass is 191 g/mol. The van der Waals surface area contributed by atoms with Gasteiger partial charge < -0.3 is 10.6 Å². The third-order valence-electron chi connectivity index (χ3n) is 2.67. The van der Waals surface area contributed by atoms with Crippen molar-refractivity contribution < 1.29 is 0 Å². The number of nitrogens with one attached hydrogen (secondary N) is 2. The van der Waals surface area contributed by atoms with Gasteiger partial charge in [-0.15, -0.1) is 0 Å². The quantitative estimate of drug-likeness (QED) is 0.661. The highest BCUT2D eigenvalue weighted by atomic mass is 15.1. The second-order valence-electron chi connectivity index (χ2n) is 4.54. The molecule has 0 amide bonds. The van der Waals surface area contributed by atoms with Gasteiger partial charge in [0, 0.05) is 18.3 Å². The standard InChI is InChI=1S/C11H17N3/c1-8-4-6-13-10-9(8)12-7-5-11(2,3)14-10/h4,6,12H,5,7H2,1-3H3,(H,13,14). The van der Waals surface area contributed by atoms with Crippen LogP contribution in [0.4, 0.5) is 11.5 Å². The van der Waals surface area contributed by atoms with Crippen molar-refractivity contribution in [2.24, 2.45) is 0 Å². The van der Waals surface area contributed by atoms with E-state index >= 15 is 0 Å². The molecule has 3 nitrogen and oxygen atoms in total. The van der Waals surface area contributed by atoms with E-state index in [1.54, 1.807) is 0 Å². The van der Waals surface area contributed by atoms with Crippen LogP contribution in [0.15, 0.2) is 12.3 Å². The van der Waals surface area contributed by atoms with Crippen molar-refractivity contribution in [3.63, 3.8) is 0 Å². The number of pyridine rings is 1. The SMILES string of the molecule is Cc1ccnc2c1NCCC(C)(C)N2. The van der Waals surface area contributed by atoms with Crippen LogP contribution in [0.25, 0.3) is 0 Å². The first-order chi connectivity index (χ1) is 6.58. The lowest BCUT2D eigenvalue weighted by Crippen LogP contribution is -2.31. The van der Waals surface area contributed by atoms with Crippen LogP contribution in [0.1, 0.15) is 25.8 Å². The van der Waals surface area contributed by atoms with Crippen molar-refractivity contribution in [1.82, 2.24) is 4.98 Å². The van der Waals surface area contributed by atoms with E-state index in [2.05, 4.69) is 36.4 Å². The fraction of sp³-hybridized carbons (Fsp3) is 0.545. The van der Waals surface area contributed by atoms with Gasteiger partial charge in [0.05, 0.1) is 5.69 Å². The molecular formula is C11H17N3. The number of fused-ring (bicyclic) bond motifs is 1. The minimum Gasteiger partial charge on any atom is -0.382 e. The predicted octanol–water partition coefficient (Wildman–Crippen LogP) is 2.40. The molecule has 2 rings (SSSR count). The second-order valence-corrected chi connectivity index (χ2v) is 4.54. The molecule has 0 aromatic carbocycles. The van der Waals surface area contributed by atoms with Crippen LogP contribution in [-0.2, 0) is 0 Å². The van der Waals surface area contributed by atoms with E-state index < -0.39 is 0 Å². The summed E-state index contributed by atoms with van der Waals surface area (Å²) in [4.78, 5) is 4.36. The summed E-state index contributed by atoms with van der Waals surface area (Å²) in [6.45, 7) is 7.51. The van der Waals surface area contributed by atoms with Crippen LogP contribution in [0.2, 0.25) is 0 Å². The first-order valence-corrected chi connectivity index (χ1v) is 5.06. The molecule has 0 spiro atoms. The normalized spacial score (nSPS) is 18.8. The van der Waals surface area contributed by atoms with Crippen molar-refractivity contribution >= 4 is 11.5 Å². The van der Waals surface area contributed by atoms with Crippen molar-refractivity contribution in [3.8, 4) is 0 Å². The van der Waals surface area contributed by atoms with E-state index in [-0.39, 0.29) is 5.54 Å². The minimum absolute atomic E-state index is 0.124. The van der Waals surface area contributed by atoms with Crippen molar-refractivity contribution in [1.29, 1.82) is 0 Å². The van der Waals surface area contributed by atoms with Gasteiger partial charge in [-0.1, -0.05) is 0 Å². The number of hydrogen-bond donors (Lipinski definition) is 2. The largest absolute Gasteiger partial charge is 0.382 e. The molecule has 0 saturated carbocycles. The number of aromatic nitrogens is 1. The lowest BCUT2D eigenvalue weighted by molar-refractivity contribution is 0.539. The summed E-state index contributed by atoms with van der Waals surface area (Å²) in [7, 11) is 0. The van der Waals surface area contributed by atoms with Crippen LogP contribution in [-0.4, -0.2) is 17.1 Å². The maximum Gasteiger partial charge on any atom is 0.150 e. The Morgan fingerprint density at radius 3 is 3.00 bits per heavy atom. The summed E-state index contributed by atoms with van der Waals surface area (Å²) in [6, 6.07) is 2.03. The number of anilines is 2. The number of nitrogens with zero attached hydrogens (tertiary/aromatic N) is 1. The van der Waals surface area contributed by atoms with E-state index in [1.165, 1.54) is 5.56 Å². The molecule has 0 saturated heterocycles. The van der Waals surface area contributed by atoms with E-state index in [1.807, 2.05) is 12.3 Å². The fourth-order valence-electron chi connectivity index (χ4n) is 1.76. The Hall–Kier alpha value is -1.25. The maximum atomic E-state index is 4.36. The zero-order valence-corrected chi connectivity index (χ0v) is 9.02. The summed E-state index contributed by atoms with van der Waals surface area (Å²) in [6.07, 6.45) is 2.95. The van der Waals surface area contributed by atoms with Crippen LogP contribution in [0, 0.1) is 6.92 Å². The minimum atomic E-state index is 0.124. The Kier molecular flexibility index (Phi) is 2.10. The summed E-state index contributed by atoms with van der Waals surface area (Å²) in [5.41, 5.74) is 2.53. The van der Waals surface area contributed by atoms with E-state index in [9.17, 15) is 0 Å². The first-order valence-electron chi connectivity index (χ1n) is 5.06. The van der Waals surface area contributed by atoms with Crippen molar-refractivity contribution in [2.75, 3.05) is 17.2 Å². The summed E-state index contributed by atoms with van der Waals surface area (Å²) < 4.78 is 0. The van der Waals surface area contributed by atoms with Gasteiger partial charge in [0.15, 0.2) is 0 Å². The molecule has 1 aliphatic rings. The molecular weight excluding hydrogens is 174 g/mol. The van der Waals surface area contributed by atoms with Crippen LogP contribution in [0.5, 0.6) is 0 Å². The number of rotatable bonds is 0. The highest BCUT2D eigenvalue weighted by Gasteiger charge is 2.23. The van der Waals surface area contributed by atoms with Crippen molar-refractivity contribution in [2.45, 2.75) is 32.7 Å². The zero-order chi connectivity index (χ0) is 10.2. The summed E-state index contributed by atoms with van der Waals surface area (Å²) in [5, 5.41) is 6.89. The van der Waals surface area contributed by atoms with E-state index in [0.717, 1.165) is 24.5 Å². The molecule has 0 aliphatic carbocycles. The van der Waals surface area contributed by atoms with Gasteiger partial charge in [0.25, 0.3) is 0 Å². The van der Waals surface area contributed by atoms with Gasteiger partial charge in [-0.3, -0.25) is 0 Å². The fourth-order valence-corrected chi connectivity index (χ4v) is 1.76. The van der Waals surface area contributed by atoms with Crippen LogP contribution >= 0.6 is 0 Å². The molecule has 76 valence electrons. The average molecular weight is 191 g/mol. The van der Waals surface area contributed by atoms with Crippen LogP contribution < -0.4 is 10.6 Å². The molecule has 0 radical (unpaired) electrons. The lowest BCUT2D eigenvalue weighted by Gasteiger charge is -2.24. The zero-order valence-electron chi connectivity index (χ0n) is 9.02. The maximum absolute atomic E-state index is 4.36. The molecule has 0 atom stereocenters. The molecule has 2 heterocycles. The second kappa shape index (κ2) is 3.15. The Bertz CT molecular complexity index is 344. The molecule has 14 heavy (non-hydrogen) atoms. The molecule has 3 heteroatoms. The van der Waals surface area contributed by atoms with Gasteiger partial charge in [-0.05, 0) is 38.8 Å². The van der Waals surface area contributed by atoms with Crippen LogP contribution in [0.3, 0.4) is 0 Å². The van der Waals surface area contributed by atoms with Gasteiger partial charge in [-0.25, -0.2) is 4.98 Å². The molecule has 1 aromatic heterocycles. The Labute approximate surface area is 84.9 Å². The number of hydrogen-bond acceptors (Lipinski definition) is 3. The van der Waals surface area contributed by atoms with Gasteiger partial charge >= 0.3 is 0 Å². The van der Waals surface area contributed by atoms with Gasteiger partial charge in [0.1, 0.15) is 5.82 Å². The lowest BCUT2D eigenvalue weighted by atomic mass is 10.0. The summed E-state index contributed by atoms with van der Waals surface area (Å²) in [5.74, 6) is 0.979. The van der Waals surface area contributed by atoms with Gasteiger partial charge in [0.2, 0.25) is 0 Å². The smallest absolute Gasteiger partial charge is 0.150 e. The topological polar surface area (TPSA) is 37.0 Å². The van der Waals surface area contributed by atoms with E-state index in [0.29, 0.717) is 0 Å². The third kappa shape index (κ3) is 1.67. The van der Waals surface area contributed by atoms with Gasteiger partial charge in [-0.2, -0.15) is 0 Å². The highest BCUT2D eigenvalue weighted by molar-refractivity contribution is 5.69. The molecule has 1 aliphatic heterocycles. The average Bonchev–Trinajstić information content (AvgIpc) is 2.23. The Morgan fingerprint density at radius 1 is 1.43 bits per heavy atom. The van der Waals surface area contributed by atoms with Crippen molar-refractivity contribution in [3.05, 3.63) is 17.8 Å². The number of aryl methyl sites for hydroxylation is 1. The molecule has 0 fully saturated rings.